The number of ether oxygens (including phenoxy) is 1. The fourth-order valence-electron chi connectivity index (χ4n) is 2.87. The smallest absolute Gasteiger partial charge is 0.166 e. The Balaban J connectivity index is 0.00000141. The van der Waals surface area contributed by atoms with Crippen molar-refractivity contribution in [2.45, 2.75) is 0 Å². The summed E-state index contributed by atoms with van der Waals surface area (Å²) < 4.78 is 28.9. The monoisotopic (exact) mass is 455 g/mol. The van der Waals surface area contributed by atoms with Gasteiger partial charge in [0.15, 0.2) is 11.6 Å². The van der Waals surface area contributed by atoms with E-state index in [-0.39, 0.29) is 0 Å². The molecule has 4 N–H and O–H groups in total. The third kappa shape index (κ3) is 5.44. The first-order valence-electron chi connectivity index (χ1n) is 9.42. The number of anilines is 1. The highest BCUT2D eigenvalue weighted by Crippen LogP contribution is 2.31. The second-order valence-electron chi connectivity index (χ2n) is 6.49. The highest BCUT2D eigenvalue weighted by Gasteiger charge is 2.08. The fraction of sp³-hybridized carbons (Fsp3) is 0.0417. The number of alkyl halides is 1. The number of nitrogens with zero attached hydrogens (tertiary/aromatic N) is 1. The van der Waals surface area contributed by atoms with E-state index in [9.17, 15) is 13.9 Å². The Bertz CT molecular complexity index is 1270. The molecule has 4 rings (SSSR count). The van der Waals surface area contributed by atoms with E-state index in [1.54, 1.807) is 18.2 Å². The van der Waals surface area contributed by atoms with E-state index in [2.05, 4.69) is 10.3 Å². The van der Waals surface area contributed by atoms with E-state index in [0.717, 1.165) is 5.39 Å². The largest absolute Gasteiger partial charge is 0.505 e. The second kappa shape index (κ2) is 10.5. The van der Waals surface area contributed by atoms with Gasteiger partial charge in [-0.05, 0) is 54.6 Å². The van der Waals surface area contributed by atoms with Crippen molar-refractivity contribution >= 4 is 33.9 Å². The van der Waals surface area contributed by atoms with Gasteiger partial charge in [0.1, 0.15) is 11.5 Å². The summed E-state index contributed by atoms with van der Waals surface area (Å²) >= 11 is 6.02. The number of rotatable bonds is 5. The average molecular weight is 456 g/mol. The molecule has 0 saturated heterocycles. The molecule has 1 heterocycles. The lowest BCUT2D eigenvalue weighted by Gasteiger charge is -2.10. The Hall–Kier alpha value is -3.84. The first kappa shape index (κ1) is 22.8. The number of fused-ring (bicyclic) bond motifs is 1. The first-order valence-corrected chi connectivity index (χ1v) is 9.79. The zero-order chi connectivity index (χ0) is 23.1. The van der Waals surface area contributed by atoms with Gasteiger partial charge >= 0.3 is 0 Å². The van der Waals surface area contributed by atoms with Crippen LogP contribution in [0, 0.1) is 5.82 Å². The molecule has 4 aromatic rings. The number of nitrogens with two attached hydrogens (primary N) is 1. The van der Waals surface area contributed by atoms with Gasteiger partial charge in [-0.25, -0.2) is 9.37 Å². The van der Waals surface area contributed by atoms with Crippen LogP contribution < -0.4 is 15.8 Å². The van der Waals surface area contributed by atoms with Crippen LogP contribution in [-0.2, 0) is 0 Å². The maximum atomic E-state index is 13.4. The summed E-state index contributed by atoms with van der Waals surface area (Å²) in [4.78, 5) is 4.59. The minimum absolute atomic E-state index is 0.367. The Morgan fingerprint density at radius 2 is 1.84 bits per heavy atom. The van der Waals surface area contributed by atoms with Gasteiger partial charge < -0.3 is 20.9 Å². The van der Waals surface area contributed by atoms with Crippen LogP contribution in [0.2, 0.25) is 5.02 Å². The van der Waals surface area contributed by atoms with E-state index < -0.39 is 11.6 Å². The van der Waals surface area contributed by atoms with Crippen molar-refractivity contribution in [3.8, 4) is 17.2 Å². The fourth-order valence-corrected chi connectivity index (χ4v) is 3.05. The van der Waals surface area contributed by atoms with Crippen LogP contribution in [-0.4, -0.2) is 17.3 Å². The molecule has 0 aliphatic carbocycles. The lowest BCUT2D eigenvalue weighted by atomic mass is 10.1. The minimum Gasteiger partial charge on any atom is -0.505 e. The number of pyridine rings is 1. The number of benzene rings is 3. The van der Waals surface area contributed by atoms with E-state index in [1.165, 1.54) is 24.4 Å². The first-order chi connectivity index (χ1) is 15.5. The molecule has 0 saturated carbocycles. The van der Waals surface area contributed by atoms with E-state index >= 15 is 0 Å². The van der Waals surface area contributed by atoms with Gasteiger partial charge in [0.05, 0.1) is 24.1 Å². The zero-order valence-electron chi connectivity index (χ0n) is 17.0. The van der Waals surface area contributed by atoms with E-state index in [0.29, 0.717) is 46.3 Å². The van der Waals surface area contributed by atoms with Crippen molar-refractivity contribution in [3.05, 3.63) is 95.5 Å². The summed E-state index contributed by atoms with van der Waals surface area (Å²) in [6, 6.07) is 20.3. The summed E-state index contributed by atoms with van der Waals surface area (Å²) in [5.41, 5.74) is 8.20. The molecule has 0 unspecified atom stereocenters. The van der Waals surface area contributed by atoms with Gasteiger partial charge in [-0.3, -0.25) is 4.39 Å². The Labute approximate surface area is 188 Å². The van der Waals surface area contributed by atoms with Gasteiger partial charge in [0.25, 0.3) is 0 Å². The Kier molecular flexibility index (Phi) is 7.46. The predicted molar refractivity (Wildman–Crippen MR) is 124 cm³/mol. The van der Waals surface area contributed by atoms with Crippen LogP contribution >= 0.6 is 11.6 Å². The van der Waals surface area contributed by atoms with Crippen LogP contribution in [0.25, 0.3) is 16.6 Å². The van der Waals surface area contributed by atoms with Gasteiger partial charge in [-0.15, -0.1) is 0 Å². The molecule has 3 aromatic carbocycles. The molecule has 0 fully saturated rings. The van der Waals surface area contributed by atoms with Crippen molar-refractivity contribution in [2.75, 3.05) is 12.5 Å². The van der Waals surface area contributed by atoms with Crippen LogP contribution in [0.5, 0.6) is 17.2 Å². The molecule has 5 nitrogen and oxygen atoms in total. The predicted octanol–water partition coefficient (Wildman–Crippen LogP) is 6.48. The van der Waals surface area contributed by atoms with Crippen LogP contribution in [0.4, 0.5) is 14.5 Å². The molecule has 32 heavy (non-hydrogen) atoms. The summed E-state index contributed by atoms with van der Waals surface area (Å²) in [6.45, 7) is 0. The maximum absolute atomic E-state index is 13.4. The number of hydrogen-bond donors (Lipinski definition) is 3. The highest BCUT2D eigenvalue weighted by molar-refractivity contribution is 6.30. The quantitative estimate of drug-likeness (QED) is 0.300. The van der Waals surface area contributed by atoms with Crippen LogP contribution in [0.3, 0.4) is 0 Å². The third-order valence-electron chi connectivity index (χ3n) is 4.35. The van der Waals surface area contributed by atoms with Crippen LogP contribution in [0.15, 0.2) is 79.0 Å². The molecule has 0 aliphatic rings. The molecule has 0 spiro atoms. The Morgan fingerprint density at radius 1 is 1.06 bits per heavy atom. The highest BCUT2D eigenvalue weighted by atomic mass is 35.5. The van der Waals surface area contributed by atoms with Crippen LogP contribution in [0.1, 0.15) is 5.69 Å². The number of aromatic nitrogens is 1. The lowest BCUT2D eigenvalue weighted by molar-refractivity contribution is 0.432. The average Bonchev–Trinajstić information content (AvgIpc) is 2.81. The SMILES string of the molecule is CF.N/C(=C\Nc1ccc(O)c(F)c1)c1ccc2c(Oc3cccc(Cl)c3)cccc2n1. The maximum Gasteiger partial charge on any atom is 0.166 e. The molecule has 0 aliphatic heterocycles. The number of phenolic OH excluding ortho intramolecular Hbond substituents is 1. The standard InChI is InChI=1S/C23H17ClFN3O2.CH3F/c24-14-3-1-4-16(11-14)30-23-6-2-5-20-17(23)8-9-21(28-20)19(26)13-27-15-7-10-22(29)18(25)12-15;1-2/h1-13,27,29H,26H2;1H3/b19-13-;. The molecule has 0 radical (unpaired) electrons. The lowest BCUT2D eigenvalue weighted by Crippen LogP contribution is -2.03. The number of phenols is 1. The Morgan fingerprint density at radius 3 is 2.59 bits per heavy atom. The van der Waals surface area contributed by atoms with Gasteiger partial charge in [-0.1, -0.05) is 23.7 Å². The zero-order valence-corrected chi connectivity index (χ0v) is 17.8. The molecule has 8 heteroatoms. The molecular weight excluding hydrogens is 436 g/mol. The third-order valence-corrected chi connectivity index (χ3v) is 4.59. The summed E-state index contributed by atoms with van der Waals surface area (Å²) in [5, 5.41) is 13.6. The molecule has 1 aromatic heterocycles. The summed E-state index contributed by atoms with van der Waals surface area (Å²) in [7, 11) is 0.500. The molecule has 0 amide bonds. The second-order valence-corrected chi connectivity index (χ2v) is 6.93. The number of nitrogens with one attached hydrogen (secondary N) is 1. The van der Waals surface area contributed by atoms with Crippen molar-refractivity contribution in [2.24, 2.45) is 5.73 Å². The molecule has 0 atom stereocenters. The topological polar surface area (TPSA) is 80.4 Å². The molecule has 164 valence electrons. The number of hydrogen-bond acceptors (Lipinski definition) is 5. The van der Waals surface area contributed by atoms with Crippen molar-refractivity contribution < 1.29 is 18.6 Å². The van der Waals surface area contributed by atoms with E-state index in [1.807, 2.05) is 36.4 Å². The minimum atomic E-state index is -0.719. The number of aromatic hydroxyl groups is 1. The molecule has 0 bridgehead atoms. The normalized spacial score (nSPS) is 10.9. The number of halogens is 3. The van der Waals surface area contributed by atoms with E-state index in [4.69, 9.17) is 22.1 Å². The van der Waals surface area contributed by atoms with Crippen molar-refractivity contribution in [1.82, 2.24) is 4.98 Å². The van der Waals surface area contributed by atoms with Crippen molar-refractivity contribution in [3.63, 3.8) is 0 Å². The van der Waals surface area contributed by atoms with Gasteiger partial charge in [0.2, 0.25) is 0 Å². The summed E-state index contributed by atoms with van der Waals surface area (Å²) in [5.74, 6) is 0.144. The molecular formula is C24H20ClF2N3O2. The van der Waals surface area contributed by atoms with Crippen molar-refractivity contribution in [1.29, 1.82) is 0 Å². The van der Waals surface area contributed by atoms with Gasteiger partial charge in [0, 0.05) is 28.4 Å². The van der Waals surface area contributed by atoms with Gasteiger partial charge in [-0.2, -0.15) is 0 Å². The summed E-state index contributed by atoms with van der Waals surface area (Å²) in [6.07, 6.45) is 1.52.